The number of nitrogens with zero attached hydrogens (tertiary/aromatic N) is 2. The molecule has 1 atom stereocenters. The Bertz CT molecular complexity index is 428. The lowest BCUT2D eigenvalue weighted by Crippen LogP contribution is -2.27. The van der Waals surface area contributed by atoms with Crippen LogP contribution in [0.25, 0.3) is 0 Å². The van der Waals surface area contributed by atoms with Gasteiger partial charge in [-0.15, -0.1) is 0 Å². The van der Waals surface area contributed by atoms with Gasteiger partial charge in [-0.25, -0.2) is 4.98 Å². The van der Waals surface area contributed by atoms with E-state index in [1.54, 1.807) is 20.2 Å². The number of anilines is 1. The molecule has 1 heterocycles. The third kappa shape index (κ3) is 2.82. The highest BCUT2D eigenvalue weighted by atomic mass is 16.4. The zero-order chi connectivity index (χ0) is 12.1. The van der Waals surface area contributed by atoms with Crippen LogP contribution in [0, 0.1) is 5.92 Å². The first-order valence-electron chi connectivity index (χ1n) is 5.04. The van der Waals surface area contributed by atoms with Crippen LogP contribution < -0.4 is 10.9 Å². The topological polar surface area (TPSA) is 84.2 Å². The molecule has 6 nitrogen and oxygen atoms in total. The molecule has 88 valence electrons. The number of carboxylic acid groups (broad SMARTS) is 1. The number of carboxylic acids is 1. The highest BCUT2D eigenvalue weighted by Gasteiger charge is 2.15. The molecule has 0 radical (unpaired) electrons. The van der Waals surface area contributed by atoms with Gasteiger partial charge in [0.15, 0.2) is 5.82 Å². The van der Waals surface area contributed by atoms with Crippen molar-refractivity contribution in [3.8, 4) is 0 Å². The Labute approximate surface area is 92.9 Å². The number of hydrogen-bond donors (Lipinski definition) is 2. The molecular formula is C10H15N3O3. The predicted octanol–water partition coefficient (Wildman–Crippen LogP) is 0.303. The molecule has 6 heteroatoms. The van der Waals surface area contributed by atoms with Crippen molar-refractivity contribution in [2.24, 2.45) is 13.0 Å². The Morgan fingerprint density at radius 1 is 1.69 bits per heavy atom. The van der Waals surface area contributed by atoms with Crippen LogP contribution in [0.4, 0.5) is 5.82 Å². The van der Waals surface area contributed by atoms with E-state index in [0.29, 0.717) is 6.42 Å². The second-order valence-electron chi connectivity index (χ2n) is 3.52. The fraction of sp³-hybridized carbons (Fsp3) is 0.500. The molecule has 1 aromatic heterocycles. The zero-order valence-electron chi connectivity index (χ0n) is 9.30. The van der Waals surface area contributed by atoms with Gasteiger partial charge in [0.25, 0.3) is 5.56 Å². The first-order valence-corrected chi connectivity index (χ1v) is 5.04. The van der Waals surface area contributed by atoms with Crippen molar-refractivity contribution in [3.05, 3.63) is 22.7 Å². The zero-order valence-corrected chi connectivity index (χ0v) is 9.30. The molecule has 1 aromatic rings. The summed E-state index contributed by atoms with van der Waals surface area (Å²) < 4.78 is 1.39. The summed E-state index contributed by atoms with van der Waals surface area (Å²) in [6, 6.07) is 0. The Balaban J connectivity index is 2.71. The van der Waals surface area contributed by atoms with Gasteiger partial charge in [-0.3, -0.25) is 9.59 Å². The first kappa shape index (κ1) is 12.2. The summed E-state index contributed by atoms with van der Waals surface area (Å²) in [4.78, 5) is 26.2. The smallest absolute Gasteiger partial charge is 0.308 e. The molecule has 0 aliphatic rings. The summed E-state index contributed by atoms with van der Waals surface area (Å²) in [5, 5.41) is 11.6. The minimum atomic E-state index is -0.872. The maximum atomic E-state index is 11.5. The number of aryl methyl sites for hydroxylation is 1. The van der Waals surface area contributed by atoms with Crippen molar-refractivity contribution in [1.82, 2.24) is 9.55 Å². The van der Waals surface area contributed by atoms with E-state index in [9.17, 15) is 9.59 Å². The third-order valence-corrected chi connectivity index (χ3v) is 2.37. The lowest BCUT2D eigenvalue weighted by atomic mass is 10.1. The number of hydrogen-bond acceptors (Lipinski definition) is 4. The van der Waals surface area contributed by atoms with Crippen molar-refractivity contribution in [2.75, 3.05) is 11.9 Å². The van der Waals surface area contributed by atoms with E-state index in [0.717, 1.165) is 0 Å². The predicted molar refractivity (Wildman–Crippen MR) is 59.4 cm³/mol. The molecule has 2 N–H and O–H groups in total. The first-order chi connectivity index (χ1) is 7.56. The molecule has 0 aliphatic carbocycles. The van der Waals surface area contributed by atoms with E-state index in [2.05, 4.69) is 10.3 Å². The number of nitrogens with one attached hydrogen (secondary N) is 1. The Hall–Kier alpha value is -1.85. The summed E-state index contributed by atoms with van der Waals surface area (Å²) in [5.74, 6) is -1.20. The quantitative estimate of drug-likeness (QED) is 0.753. The molecule has 0 amide bonds. The molecule has 0 bridgehead atoms. The van der Waals surface area contributed by atoms with E-state index in [4.69, 9.17) is 5.11 Å². The summed E-state index contributed by atoms with van der Waals surface area (Å²) in [6.45, 7) is 2.00. The Kier molecular flexibility index (Phi) is 4.04. The van der Waals surface area contributed by atoms with E-state index in [1.807, 2.05) is 0 Å². The van der Waals surface area contributed by atoms with Gasteiger partial charge >= 0.3 is 5.97 Å². The van der Waals surface area contributed by atoms with Crippen LogP contribution in [0.5, 0.6) is 0 Å². The largest absolute Gasteiger partial charge is 0.481 e. The second kappa shape index (κ2) is 5.29. The Morgan fingerprint density at radius 3 is 2.94 bits per heavy atom. The molecule has 0 aromatic carbocycles. The van der Waals surface area contributed by atoms with Crippen molar-refractivity contribution < 1.29 is 9.90 Å². The molecule has 16 heavy (non-hydrogen) atoms. The average Bonchev–Trinajstić information content (AvgIpc) is 2.24. The van der Waals surface area contributed by atoms with Crippen molar-refractivity contribution in [2.45, 2.75) is 13.3 Å². The molecule has 0 saturated carbocycles. The van der Waals surface area contributed by atoms with Gasteiger partial charge in [0.2, 0.25) is 0 Å². The molecule has 0 fully saturated rings. The number of rotatable bonds is 5. The van der Waals surface area contributed by atoms with E-state index < -0.39 is 11.9 Å². The van der Waals surface area contributed by atoms with Crippen molar-refractivity contribution in [1.29, 1.82) is 0 Å². The summed E-state index contributed by atoms with van der Waals surface area (Å²) in [6.07, 6.45) is 3.54. The molecule has 0 aliphatic heterocycles. The fourth-order valence-corrected chi connectivity index (χ4v) is 1.25. The monoisotopic (exact) mass is 225 g/mol. The van der Waals surface area contributed by atoms with Crippen LogP contribution in [0.3, 0.4) is 0 Å². The summed E-state index contributed by atoms with van der Waals surface area (Å²) in [7, 11) is 1.61. The highest BCUT2D eigenvalue weighted by Crippen LogP contribution is 2.03. The normalized spacial score (nSPS) is 12.1. The van der Waals surface area contributed by atoms with Crippen LogP contribution in [0.15, 0.2) is 17.2 Å². The lowest BCUT2D eigenvalue weighted by molar-refractivity contribution is -0.141. The fourth-order valence-electron chi connectivity index (χ4n) is 1.25. The number of carbonyl (C=O) groups is 1. The molecule has 1 unspecified atom stereocenters. The van der Waals surface area contributed by atoms with Crippen LogP contribution >= 0.6 is 0 Å². The molecular weight excluding hydrogens is 210 g/mol. The second-order valence-corrected chi connectivity index (χ2v) is 3.52. The van der Waals surface area contributed by atoms with Gasteiger partial charge < -0.3 is 15.0 Å². The van der Waals surface area contributed by atoms with Crippen molar-refractivity contribution in [3.63, 3.8) is 0 Å². The van der Waals surface area contributed by atoms with Gasteiger partial charge in [0.05, 0.1) is 5.92 Å². The number of aliphatic carboxylic acids is 1. The van der Waals surface area contributed by atoms with Gasteiger partial charge in [0, 0.05) is 26.0 Å². The summed E-state index contributed by atoms with van der Waals surface area (Å²) in [5.41, 5.74) is -0.261. The van der Waals surface area contributed by atoms with Gasteiger partial charge in [-0.05, 0) is 6.42 Å². The van der Waals surface area contributed by atoms with E-state index in [1.165, 1.54) is 10.8 Å². The number of aromatic nitrogens is 2. The maximum absolute atomic E-state index is 11.5. The minimum absolute atomic E-state index is 0.185. The Morgan fingerprint density at radius 2 is 2.38 bits per heavy atom. The average molecular weight is 225 g/mol. The van der Waals surface area contributed by atoms with Crippen LogP contribution in [0.1, 0.15) is 13.3 Å². The molecule has 0 saturated heterocycles. The van der Waals surface area contributed by atoms with Crippen molar-refractivity contribution >= 4 is 11.8 Å². The lowest BCUT2D eigenvalue weighted by Gasteiger charge is -2.11. The van der Waals surface area contributed by atoms with E-state index >= 15 is 0 Å². The van der Waals surface area contributed by atoms with Crippen LogP contribution in [0.2, 0.25) is 0 Å². The van der Waals surface area contributed by atoms with E-state index in [-0.39, 0.29) is 17.9 Å². The van der Waals surface area contributed by atoms with Crippen LogP contribution in [-0.2, 0) is 11.8 Å². The van der Waals surface area contributed by atoms with Gasteiger partial charge in [-0.2, -0.15) is 0 Å². The third-order valence-electron chi connectivity index (χ3n) is 2.37. The summed E-state index contributed by atoms with van der Waals surface area (Å²) >= 11 is 0. The van der Waals surface area contributed by atoms with Gasteiger partial charge in [0.1, 0.15) is 0 Å². The molecule has 1 rings (SSSR count). The minimum Gasteiger partial charge on any atom is -0.481 e. The maximum Gasteiger partial charge on any atom is 0.308 e. The highest BCUT2D eigenvalue weighted by molar-refractivity contribution is 5.70. The SMILES string of the molecule is CCC(CNc1nccn(C)c1=O)C(=O)O. The van der Waals surface area contributed by atoms with Crippen LogP contribution in [-0.4, -0.2) is 27.2 Å². The van der Waals surface area contributed by atoms with Gasteiger partial charge in [-0.1, -0.05) is 6.92 Å². The molecule has 0 spiro atoms. The standard InChI is InChI=1S/C10H15N3O3/c1-3-7(10(15)16)6-12-8-9(14)13(2)5-4-11-8/h4-5,7H,3,6H2,1-2H3,(H,11,12)(H,15,16).